The van der Waals surface area contributed by atoms with Crippen molar-refractivity contribution in [3.63, 3.8) is 0 Å². The summed E-state index contributed by atoms with van der Waals surface area (Å²) in [7, 11) is 7.34. The van der Waals surface area contributed by atoms with Gasteiger partial charge in [0.05, 0.1) is 13.2 Å². The van der Waals surface area contributed by atoms with E-state index in [9.17, 15) is 38.4 Å². The highest BCUT2D eigenvalue weighted by Gasteiger charge is 2.32. The fraction of sp³-hybridized carbons (Fsp3) is 0.786. The number of likely N-dealkylation sites (N-methyl/N-ethyl adjacent to an activating group) is 2. The van der Waals surface area contributed by atoms with Crippen LogP contribution in [0.3, 0.4) is 0 Å². The van der Waals surface area contributed by atoms with Crippen LogP contribution in [0.15, 0.2) is 24.6 Å². The number of amides is 2. The largest absolute Gasteiger partial charge is 0.466 e. The number of carbonyl (C=O) groups is 8. The van der Waals surface area contributed by atoms with Crippen molar-refractivity contribution < 1.29 is 67.0 Å². The lowest BCUT2D eigenvalue weighted by atomic mass is 9.80. The minimum Gasteiger partial charge on any atom is -0.466 e. The van der Waals surface area contributed by atoms with Gasteiger partial charge in [0, 0.05) is 39.1 Å². The lowest BCUT2D eigenvalue weighted by Crippen LogP contribution is -2.39. The predicted octanol–water partition coefficient (Wildman–Crippen LogP) is 9.54. The average molecular weight is 1050 g/mol. The molecule has 0 unspecified atom stereocenters. The molecule has 0 bridgehead atoms. The van der Waals surface area contributed by atoms with E-state index in [1.165, 1.54) is 26.2 Å². The van der Waals surface area contributed by atoms with E-state index in [-0.39, 0.29) is 71.6 Å². The molecule has 0 aromatic heterocycles. The molecule has 426 valence electrons. The highest BCUT2D eigenvalue weighted by molar-refractivity contribution is 5.76. The number of hydrogen-bond acceptors (Lipinski definition) is 16. The van der Waals surface area contributed by atoms with Gasteiger partial charge in [0.25, 0.3) is 0 Å². The quantitative estimate of drug-likeness (QED) is 0.0183. The maximum Gasteiger partial charge on any atom is 0.329 e. The summed E-state index contributed by atoms with van der Waals surface area (Å²) < 4.78 is 23.1. The summed E-state index contributed by atoms with van der Waals surface area (Å²) in [5, 5.41) is 1.66. The number of hydrogen-bond donors (Lipinski definition) is 0. The van der Waals surface area contributed by atoms with Crippen LogP contribution in [0.4, 0.5) is 0 Å². The van der Waals surface area contributed by atoms with Gasteiger partial charge < -0.3 is 28.6 Å². The number of ether oxygens (including phenoxy) is 4. The molecule has 2 amide bonds. The Morgan fingerprint density at radius 3 is 1.05 bits per heavy atom. The van der Waals surface area contributed by atoms with Crippen molar-refractivity contribution in [1.29, 1.82) is 0 Å². The van der Waals surface area contributed by atoms with E-state index in [0.29, 0.717) is 51.7 Å². The van der Waals surface area contributed by atoms with Gasteiger partial charge >= 0.3 is 35.8 Å². The summed E-state index contributed by atoms with van der Waals surface area (Å²) >= 11 is 0. The first kappa shape index (κ1) is 69.2. The van der Waals surface area contributed by atoms with Crippen LogP contribution in [0, 0.1) is 35.5 Å². The molecule has 0 saturated heterocycles. The summed E-state index contributed by atoms with van der Waals surface area (Å²) in [6.07, 6.45) is 20.9. The van der Waals surface area contributed by atoms with Crippen molar-refractivity contribution >= 4 is 48.6 Å². The van der Waals surface area contributed by atoms with E-state index in [0.717, 1.165) is 100 Å². The zero-order valence-electron chi connectivity index (χ0n) is 47.9. The van der Waals surface area contributed by atoms with Crippen LogP contribution in [0.5, 0.6) is 0 Å². The second-order valence-corrected chi connectivity index (χ2v) is 20.6. The van der Waals surface area contributed by atoms with Crippen molar-refractivity contribution in [2.45, 2.75) is 209 Å². The molecule has 0 aliphatic heterocycles. The fourth-order valence-electron chi connectivity index (χ4n) is 8.04. The third-order valence-electron chi connectivity index (χ3n) is 14.3. The third-order valence-corrected chi connectivity index (χ3v) is 14.3. The number of unbranched alkanes of at least 4 members (excludes halogenated alkanes) is 11. The van der Waals surface area contributed by atoms with Crippen molar-refractivity contribution in [3.05, 3.63) is 24.6 Å². The molecule has 18 heteroatoms. The lowest BCUT2D eigenvalue weighted by Gasteiger charge is -2.32. The van der Waals surface area contributed by atoms with Crippen LogP contribution in [-0.2, 0) is 67.0 Å². The molecule has 74 heavy (non-hydrogen) atoms. The van der Waals surface area contributed by atoms with Gasteiger partial charge in [0.2, 0.25) is 12.8 Å². The highest BCUT2D eigenvalue weighted by Crippen LogP contribution is 2.31. The van der Waals surface area contributed by atoms with Crippen molar-refractivity contribution in [1.82, 2.24) is 19.9 Å². The first-order valence-corrected chi connectivity index (χ1v) is 27.2. The molecule has 0 rings (SSSR count). The highest BCUT2D eigenvalue weighted by atomic mass is 16.7. The number of hydroxylamine groups is 4. The second kappa shape index (κ2) is 40.5. The van der Waals surface area contributed by atoms with E-state index in [4.69, 9.17) is 28.6 Å². The molecule has 0 spiro atoms. The fourth-order valence-corrected chi connectivity index (χ4v) is 8.04. The molecule has 10 atom stereocenters. The molecule has 0 radical (unpaired) electrons. The summed E-state index contributed by atoms with van der Waals surface area (Å²) in [5.74, 6) is -2.01. The van der Waals surface area contributed by atoms with Gasteiger partial charge in [0.15, 0.2) is 0 Å². The van der Waals surface area contributed by atoms with E-state index in [1.54, 1.807) is 12.2 Å². The van der Waals surface area contributed by atoms with Crippen LogP contribution in [0.25, 0.3) is 0 Å². The Kier molecular flexibility index (Phi) is 37.8. The molecule has 0 fully saturated rings. The van der Waals surface area contributed by atoms with E-state index in [1.807, 2.05) is 65.7 Å². The molecular weight excluding hydrogens is 953 g/mol. The van der Waals surface area contributed by atoms with Crippen molar-refractivity contribution in [2.75, 3.05) is 41.4 Å². The Bertz CT molecular complexity index is 1570. The predicted molar refractivity (Wildman–Crippen MR) is 284 cm³/mol. The van der Waals surface area contributed by atoms with Crippen LogP contribution in [0.1, 0.15) is 185 Å². The molecular formula is C56H98N4O14. The molecule has 0 aliphatic rings. The van der Waals surface area contributed by atoms with E-state index >= 15 is 0 Å². The summed E-state index contributed by atoms with van der Waals surface area (Å²) in [6, 6.07) is -0.792. The summed E-state index contributed by atoms with van der Waals surface area (Å²) in [6.45, 7) is 19.1. The zero-order valence-corrected chi connectivity index (χ0v) is 47.9. The van der Waals surface area contributed by atoms with Crippen molar-refractivity contribution in [2.24, 2.45) is 35.5 Å². The normalized spacial score (nSPS) is 15.7. The lowest BCUT2D eigenvalue weighted by molar-refractivity contribution is -0.178. The average Bonchev–Trinajstić information content (AvgIpc) is 3.35. The second-order valence-electron chi connectivity index (χ2n) is 20.6. The van der Waals surface area contributed by atoms with E-state index in [2.05, 4.69) is 27.7 Å². The van der Waals surface area contributed by atoms with Gasteiger partial charge in [-0.25, -0.2) is 9.59 Å². The number of carbonyl (C=O) groups excluding carboxylic acids is 8. The molecule has 0 N–H and O–H groups in total. The number of allylic oxidation sites excluding steroid dienone is 2. The van der Waals surface area contributed by atoms with Crippen LogP contribution < -0.4 is 0 Å². The molecule has 0 aromatic carbocycles. The van der Waals surface area contributed by atoms with Gasteiger partial charge in [-0.1, -0.05) is 105 Å². The molecule has 0 aromatic rings. The standard InChI is InChI=1S/C56H98N4O14/c1-41(33-35-59(39-61)73-49(9)63)43(3)45(5)51(71-55(67)47(7)57(11)12)29-23-19-21-27-37-69-53(65)31-25-17-15-16-18-26-32-54(66)70-38-28-22-20-24-30-52(72-56(68)48(8)58(13)14)46(6)44(4)42(2)34-36-60(40-62)74-50(10)64/h33-36,39-48,51-52H,15-32,37-38H2,1-14H3/b35-33+,36-34+/t41-,42-,43-,44-,45-,46-,47+,48+,51-,52-/m1/s1. The zero-order chi connectivity index (χ0) is 56.2. The first-order valence-electron chi connectivity index (χ1n) is 27.2. The number of rotatable bonds is 43. The summed E-state index contributed by atoms with van der Waals surface area (Å²) in [4.78, 5) is 109. The Hall–Kier alpha value is -4.84. The van der Waals surface area contributed by atoms with Gasteiger partial charge in [0.1, 0.15) is 24.3 Å². The third kappa shape index (κ3) is 31.8. The Balaban J connectivity index is 4.49. The van der Waals surface area contributed by atoms with Gasteiger partial charge in [-0.05, 0) is 129 Å². The monoisotopic (exact) mass is 1050 g/mol. The van der Waals surface area contributed by atoms with Crippen LogP contribution in [-0.4, -0.2) is 134 Å². The maximum absolute atomic E-state index is 13.0. The van der Waals surface area contributed by atoms with Gasteiger partial charge in [-0.3, -0.25) is 38.6 Å². The number of nitrogens with zero attached hydrogens (tertiary/aromatic N) is 4. The molecule has 0 aliphatic carbocycles. The van der Waals surface area contributed by atoms with Gasteiger partial charge in [-0.15, -0.1) is 10.1 Å². The SMILES string of the molecule is CC(=O)ON(C=O)/C=C/[C@@H](C)[C@@H](C)[C@@H](C)[C@@H](CCCCCCOC(=O)CCCCCCCCC(=O)OCCCCCC[C@@H](OC(=O)[C@H](C)N(C)C)[C@H](C)[C@H](C)[C@H](C)/C=C/N(C=O)OC(C)=O)OC(=O)[C@H](C)N(C)C. The Morgan fingerprint density at radius 1 is 0.432 bits per heavy atom. The van der Waals surface area contributed by atoms with Crippen LogP contribution >= 0.6 is 0 Å². The van der Waals surface area contributed by atoms with Gasteiger partial charge in [-0.2, -0.15) is 0 Å². The Labute approximate surface area is 444 Å². The van der Waals surface area contributed by atoms with E-state index < -0.39 is 24.0 Å². The van der Waals surface area contributed by atoms with Crippen molar-refractivity contribution in [3.8, 4) is 0 Å². The Morgan fingerprint density at radius 2 is 0.743 bits per heavy atom. The topological polar surface area (TPSA) is 205 Å². The molecule has 0 saturated carbocycles. The smallest absolute Gasteiger partial charge is 0.329 e. The minimum atomic E-state index is -0.601. The molecule has 18 nitrogen and oxygen atoms in total. The summed E-state index contributed by atoms with van der Waals surface area (Å²) in [5.41, 5.74) is 0. The van der Waals surface area contributed by atoms with Crippen LogP contribution in [0.2, 0.25) is 0 Å². The molecule has 0 heterocycles. The maximum atomic E-state index is 13.0. The minimum absolute atomic E-state index is 0.000905. The first-order chi connectivity index (χ1) is 35.0. The number of esters is 4.